The summed E-state index contributed by atoms with van der Waals surface area (Å²) in [5.74, 6) is 0.139. The summed E-state index contributed by atoms with van der Waals surface area (Å²) in [6.45, 7) is 1.88. The van der Waals surface area contributed by atoms with E-state index < -0.39 is 0 Å². The average molecular weight is 380 g/mol. The van der Waals surface area contributed by atoms with Crippen LogP contribution < -0.4 is 5.32 Å². The number of nitrogens with one attached hydrogen (secondary N) is 1. The second-order valence-corrected chi connectivity index (χ2v) is 7.26. The lowest BCUT2D eigenvalue weighted by Crippen LogP contribution is -2.39. The molecular weight excluding hydrogens is 362 g/mol. The van der Waals surface area contributed by atoms with Crippen molar-refractivity contribution in [3.63, 3.8) is 0 Å². The quantitative estimate of drug-likeness (QED) is 0.887. The fourth-order valence-electron chi connectivity index (χ4n) is 2.60. The van der Waals surface area contributed by atoms with E-state index >= 15 is 0 Å². The molecule has 2 heterocycles. The van der Waals surface area contributed by atoms with Gasteiger partial charge < -0.3 is 10.2 Å². The van der Waals surface area contributed by atoms with E-state index in [1.807, 2.05) is 41.6 Å². The number of rotatable bonds is 4. The summed E-state index contributed by atoms with van der Waals surface area (Å²) in [6, 6.07) is 8.38. The Morgan fingerprint density at radius 2 is 2.41 bits per heavy atom. The van der Waals surface area contributed by atoms with Gasteiger partial charge >= 0.3 is 0 Å². The maximum Gasteiger partial charge on any atom is 0.228 e. The number of benzene rings is 1. The molecule has 4 nitrogen and oxygen atoms in total. The lowest BCUT2D eigenvalue weighted by Gasteiger charge is -2.23. The molecule has 0 aliphatic carbocycles. The number of hydrogen-bond donors (Lipinski definition) is 1. The predicted octanol–water partition coefficient (Wildman–Crippen LogP) is 2.94. The van der Waals surface area contributed by atoms with Crippen molar-refractivity contribution < 1.29 is 4.79 Å². The highest BCUT2D eigenvalue weighted by Gasteiger charge is 2.23. The van der Waals surface area contributed by atoms with Crippen LogP contribution in [0.4, 0.5) is 0 Å². The minimum absolute atomic E-state index is 0.139. The Bertz CT molecular complexity index is 667. The molecule has 2 aromatic rings. The van der Waals surface area contributed by atoms with Crippen LogP contribution in [0.5, 0.6) is 0 Å². The molecule has 1 N–H and O–H groups in total. The number of likely N-dealkylation sites (N-methyl/N-ethyl adjacent to an activating group) is 1. The minimum Gasteiger partial charge on any atom is -0.341 e. The van der Waals surface area contributed by atoms with Gasteiger partial charge in [-0.05, 0) is 25.1 Å². The fourth-order valence-corrected chi connectivity index (χ4v) is 3.81. The zero-order valence-electron chi connectivity index (χ0n) is 12.4. The van der Waals surface area contributed by atoms with Gasteiger partial charge in [-0.25, -0.2) is 4.98 Å². The number of hydrogen-bond acceptors (Lipinski definition) is 4. The molecule has 1 atom stereocenters. The lowest BCUT2D eigenvalue weighted by molar-refractivity contribution is -0.130. The summed E-state index contributed by atoms with van der Waals surface area (Å²) >= 11 is 5.06. The second-order valence-electron chi connectivity index (χ2n) is 5.48. The summed E-state index contributed by atoms with van der Waals surface area (Å²) < 4.78 is 1.03. The molecule has 1 unspecified atom stereocenters. The molecule has 0 radical (unpaired) electrons. The SMILES string of the molecule is CN(C(=O)Cc1csc(-c2cccc(Br)c2)n1)C1CCNC1. The molecule has 6 heteroatoms. The van der Waals surface area contributed by atoms with Crippen LogP contribution in [0.2, 0.25) is 0 Å². The van der Waals surface area contributed by atoms with E-state index in [0.29, 0.717) is 12.5 Å². The van der Waals surface area contributed by atoms with Crippen LogP contribution in [-0.2, 0) is 11.2 Å². The predicted molar refractivity (Wildman–Crippen MR) is 93.0 cm³/mol. The highest BCUT2D eigenvalue weighted by Crippen LogP contribution is 2.26. The minimum atomic E-state index is 0.139. The van der Waals surface area contributed by atoms with E-state index in [2.05, 4.69) is 26.2 Å². The van der Waals surface area contributed by atoms with Gasteiger partial charge in [-0.1, -0.05) is 28.1 Å². The number of amides is 1. The molecular formula is C16H18BrN3OS. The van der Waals surface area contributed by atoms with Gasteiger partial charge in [-0.15, -0.1) is 11.3 Å². The Balaban J connectivity index is 1.67. The number of aromatic nitrogens is 1. The topological polar surface area (TPSA) is 45.2 Å². The number of nitrogens with zero attached hydrogens (tertiary/aromatic N) is 2. The van der Waals surface area contributed by atoms with Gasteiger partial charge in [0.1, 0.15) is 5.01 Å². The Morgan fingerprint density at radius 1 is 1.55 bits per heavy atom. The molecule has 1 fully saturated rings. The van der Waals surface area contributed by atoms with Crippen LogP contribution in [0.15, 0.2) is 34.1 Å². The first kappa shape index (κ1) is 15.6. The highest BCUT2D eigenvalue weighted by molar-refractivity contribution is 9.10. The van der Waals surface area contributed by atoms with E-state index in [-0.39, 0.29) is 5.91 Å². The summed E-state index contributed by atoms with van der Waals surface area (Å²) in [7, 11) is 1.89. The first-order valence-corrected chi connectivity index (χ1v) is 8.97. The van der Waals surface area contributed by atoms with Crippen molar-refractivity contribution in [2.75, 3.05) is 20.1 Å². The first-order chi connectivity index (χ1) is 10.6. The van der Waals surface area contributed by atoms with E-state index in [1.165, 1.54) is 0 Å². The van der Waals surface area contributed by atoms with Crippen LogP contribution in [0, 0.1) is 0 Å². The van der Waals surface area contributed by atoms with Gasteiger partial charge in [-0.3, -0.25) is 4.79 Å². The molecule has 1 saturated heterocycles. The third kappa shape index (κ3) is 3.56. The van der Waals surface area contributed by atoms with Gasteiger partial charge in [-0.2, -0.15) is 0 Å². The van der Waals surface area contributed by atoms with Crippen molar-refractivity contribution in [2.24, 2.45) is 0 Å². The molecule has 1 aromatic heterocycles. The third-order valence-corrected chi connectivity index (χ3v) is 5.36. The molecule has 3 rings (SSSR count). The van der Waals surface area contributed by atoms with Crippen molar-refractivity contribution in [3.05, 3.63) is 39.8 Å². The molecule has 0 bridgehead atoms. The molecule has 1 aromatic carbocycles. The molecule has 0 spiro atoms. The van der Waals surface area contributed by atoms with Gasteiger partial charge in [0.05, 0.1) is 12.1 Å². The van der Waals surface area contributed by atoms with Crippen molar-refractivity contribution in [1.82, 2.24) is 15.2 Å². The molecule has 1 aliphatic rings. The second kappa shape index (κ2) is 6.89. The van der Waals surface area contributed by atoms with Gasteiger partial charge in [0.2, 0.25) is 5.91 Å². The third-order valence-electron chi connectivity index (χ3n) is 3.93. The Labute approximate surface area is 142 Å². The number of halogens is 1. The van der Waals surface area contributed by atoms with Crippen LogP contribution in [0.3, 0.4) is 0 Å². The smallest absolute Gasteiger partial charge is 0.228 e. The first-order valence-electron chi connectivity index (χ1n) is 7.30. The monoisotopic (exact) mass is 379 g/mol. The summed E-state index contributed by atoms with van der Waals surface area (Å²) in [4.78, 5) is 18.8. The molecule has 0 saturated carbocycles. The van der Waals surface area contributed by atoms with Crippen molar-refractivity contribution >= 4 is 33.2 Å². The lowest BCUT2D eigenvalue weighted by atomic mass is 10.2. The zero-order chi connectivity index (χ0) is 15.5. The molecule has 116 valence electrons. The van der Waals surface area contributed by atoms with E-state index in [9.17, 15) is 4.79 Å². The summed E-state index contributed by atoms with van der Waals surface area (Å²) in [6.07, 6.45) is 1.40. The largest absolute Gasteiger partial charge is 0.341 e. The van der Waals surface area contributed by atoms with Crippen molar-refractivity contribution in [3.8, 4) is 10.6 Å². The molecule has 22 heavy (non-hydrogen) atoms. The average Bonchev–Trinajstić information content (AvgIpc) is 3.18. The normalized spacial score (nSPS) is 17.6. The van der Waals surface area contributed by atoms with E-state index in [0.717, 1.165) is 40.2 Å². The van der Waals surface area contributed by atoms with E-state index in [1.54, 1.807) is 11.3 Å². The van der Waals surface area contributed by atoms with Crippen molar-refractivity contribution in [1.29, 1.82) is 0 Å². The van der Waals surface area contributed by atoms with Gasteiger partial charge in [0, 0.05) is 35.1 Å². The Kier molecular flexibility index (Phi) is 4.90. The number of carbonyl (C=O) groups excluding carboxylic acids is 1. The van der Waals surface area contributed by atoms with Gasteiger partial charge in [0.25, 0.3) is 0 Å². The Hall–Kier alpha value is -1.24. The Morgan fingerprint density at radius 3 is 3.14 bits per heavy atom. The highest BCUT2D eigenvalue weighted by atomic mass is 79.9. The maximum atomic E-state index is 12.4. The van der Waals surface area contributed by atoms with E-state index in [4.69, 9.17) is 0 Å². The summed E-state index contributed by atoms with van der Waals surface area (Å²) in [5.41, 5.74) is 1.93. The van der Waals surface area contributed by atoms with Crippen molar-refractivity contribution in [2.45, 2.75) is 18.9 Å². The molecule has 1 aliphatic heterocycles. The maximum absolute atomic E-state index is 12.4. The molecule has 1 amide bonds. The fraction of sp³-hybridized carbons (Fsp3) is 0.375. The zero-order valence-corrected chi connectivity index (χ0v) is 14.8. The van der Waals surface area contributed by atoms with Crippen LogP contribution >= 0.6 is 27.3 Å². The van der Waals surface area contributed by atoms with Crippen LogP contribution in [-0.4, -0.2) is 42.0 Å². The van der Waals surface area contributed by atoms with Crippen LogP contribution in [0.1, 0.15) is 12.1 Å². The summed E-state index contributed by atoms with van der Waals surface area (Å²) in [5, 5.41) is 6.23. The van der Waals surface area contributed by atoms with Crippen LogP contribution in [0.25, 0.3) is 10.6 Å². The van der Waals surface area contributed by atoms with Gasteiger partial charge in [0.15, 0.2) is 0 Å². The number of thiazole rings is 1. The number of carbonyl (C=O) groups is 1. The standard InChI is InChI=1S/C16H18BrN3OS/c1-20(14-5-6-18-9-14)15(21)8-13-10-22-16(19-13)11-3-2-4-12(17)7-11/h2-4,7,10,14,18H,5-6,8-9H2,1H3.